The lowest BCUT2D eigenvalue weighted by Crippen LogP contribution is -2.53. The Kier molecular flexibility index (Phi) is 6.44. The van der Waals surface area contributed by atoms with Crippen molar-refractivity contribution < 1.29 is 0 Å². The van der Waals surface area contributed by atoms with Crippen LogP contribution in [0, 0.1) is 5.92 Å². The molecule has 0 aliphatic carbocycles. The van der Waals surface area contributed by atoms with Crippen LogP contribution >= 0.6 is 0 Å². The highest BCUT2D eigenvalue weighted by atomic mass is 15.4. The third-order valence-electron chi connectivity index (χ3n) is 5.08. The smallest absolute Gasteiger partial charge is 0.225 e. The molecule has 2 fully saturated rings. The van der Waals surface area contributed by atoms with Crippen LogP contribution in [0.4, 0.5) is 5.95 Å². The van der Waals surface area contributed by atoms with Crippen LogP contribution in [0.2, 0.25) is 0 Å². The molecule has 1 aromatic rings. The van der Waals surface area contributed by atoms with Crippen LogP contribution in [0.25, 0.3) is 0 Å². The van der Waals surface area contributed by atoms with Crippen molar-refractivity contribution in [1.29, 1.82) is 0 Å². The van der Waals surface area contributed by atoms with E-state index in [4.69, 9.17) is 0 Å². The Balaban J connectivity index is 1.44. The van der Waals surface area contributed by atoms with E-state index in [0.717, 1.165) is 50.5 Å². The molecule has 3 rings (SSSR count). The highest BCUT2D eigenvalue weighted by Gasteiger charge is 2.24. The number of aliphatic imine (C=N–C) groups is 1. The highest BCUT2D eigenvalue weighted by Crippen LogP contribution is 2.16. The van der Waals surface area contributed by atoms with Gasteiger partial charge < -0.3 is 20.0 Å². The second-order valence-corrected chi connectivity index (χ2v) is 6.91. The molecule has 0 aromatic carbocycles. The summed E-state index contributed by atoms with van der Waals surface area (Å²) in [6.07, 6.45) is 6.15. The number of likely N-dealkylation sites (tertiary alicyclic amines) is 1. The van der Waals surface area contributed by atoms with Gasteiger partial charge in [0.15, 0.2) is 5.96 Å². The summed E-state index contributed by atoms with van der Waals surface area (Å²) in [5, 5.41) is 3.60. The molecule has 0 spiro atoms. The third kappa shape index (κ3) is 4.81. The molecule has 1 atom stereocenters. The van der Waals surface area contributed by atoms with Crippen molar-refractivity contribution in [3.05, 3.63) is 18.5 Å². The fraction of sp³-hybridized carbons (Fsp3) is 0.722. The first-order valence-electron chi connectivity index (χ1n) is 9.50. The molecule has 2 aliphatic heterocycles. The van der Waals surface area contributed by atoms with Crippen molar-refractivity contribution in [1.82, 2.24) is 25.1 Å². The molecular weight excluding hydrogens is 314 g/mol. The molecule has 7 nitrogen and oxygen atoms in total. The van der Waals surface area contributed by atoms with Crippen LogP contribution in [0.1, 0.15) is 19.8 Å². The van der Waals surface area contributed by atoms with E-state index in [2.05, 4.69) is 41.9 Å². The number of nitrogens with one attached hydrogen (secondary N) is 1. The molecule has 3 heterocycles. The van der Waals surface area contributed by atoms with Crippen molar-refractivity contribution in [3.8, 4) is 0 Å². The summed E-state index contributed by atoms with van der Waals surface area (Å²) >= 11 is 0. The summed E-state index contributed by atoms with van der Waals surface area (Å²) < 4.78 is 0. The van der Waals surface area contributed by atoms with Crippen LogP contribution in [0.15, 0.2) is 23.5 Å². The molecule has 1 N–H and O–H groups in total. The summed E-state index contributed by atoms with van der Waals surface area (Å²) in [4.78, 5) is 20.4. The normalized spacial score (nSPS) is 22.5. The first-order chi connectivity index (χ1) is 12.3. The van der Waals surface area contributed by atoms with Gasteiger partial charge in [-0.1, -0.05) is 6.92 Å². The Bertz CT molecular complexity index is 540. The van der Waals surface area contributed by atoms with E-state index in [1.54, 1.807) is 12.4 Å². The minimum Gasteiger partial charge on any atom is -0.356 e. The zero-order valence-electron chi connectivity index (χ0n) is 15.6. The SMILES string of the molecule is CCCN1CCC(CNC(=NC)N2CCN(c3ncccn3)CC2)C1. The minimum atomic E-state index is 0.738. The average Bonchev–Trinajstić information content (AvgIpc) is 3.11. The van der Waals surface area contributed by atoms with E-state index in [1.165, 1.54) is 32.5 Å². The van der Waals surface area contributed by atoms with Crippen molar-refractivity contribution >= 4 is 11.9 Å². The van der Waals surface area contributed by atoms with Gasteiger partial charge in [-0.05, 0) is 37.9 Å². The van der Waals surface area contributed by atoms with E-state index in [-0.39, 0.29) is 0 Å². The Labute approximate surface area is 151 Å². The summed E-state index contributed by atoms with van der Waals surface area (Å²) in [7, 11) is 1.88. The molecule has 138 valence electrons. The van der Waals surface area contributed by atoms with E-state index in [9.17, 15) is 0 Å². The zero-order chi connectivity index (χ0) is 17.5. The topological polar surface area (TPSA) is 59.9 Å². The molecule has 1 aromatic heterocycles. The number of aromatic nitrogens is 2. The molecule has 0 amide bonds. The largest absolute Gasteiger partial charge is 0.356 e. The lowest BCUT2D eigenvalue weighted by atomic mass is 10.1. The Hall–Kier alpha value is -1.89. The number of hydrogen-bond acceptors (Lipinski definition) is 5. The molecule has 7 heteroatoms. The first kappa shape index (κ1) is 17.9. The van der Waals surface area contributed by atoms with Crippen molar-refractivity contribution in [3.63, 3.8) is 0 Å². The van der Waals surface area contributed by atoms with Gasteiger partial charge in [0.05, 0.1) is 0 Å². The second-order valence-electron chi connectivity index (χ2n) is 6.91. The molecule has 2 aliphatic rings. The maximum absolute atomic E-state index is 4.49. The number of hydrogen-bond donors (Lipinski definition) is 1. The molecular formula is C18H31N7. The van der Waals surface area contributed by atoms with Gasteiger partial charge in [-0.15, -0.1) is 0 Å². The number of rotatable bonds is 5. The fourth-order valence-corrected chi connectivity index (χ4v) is 3.74. The standard InChI is InChI=1S/C18H31N7/c1-3-8-23-9-5-16(15-23)14-22-17(19-2)24-10-12-25(13-11-24)18-20-6-4-7-21-18/h4,6-7,16H,3,5,8-15H2,1-2H3,(H,19,22). The van der Waals surface area contributed by atoms with Gasteiger partial charge in [0.1, 0.15) is 0 Å². The summed E-state index contributed by atoms with van der Waals surface area (Å²) in [5.41, 5.74) is 0. The monoisotopic (exact) mass is 345 g/mol. The number of nitrogens with zero attached hydrogens (tertiary/aromatic N) is 6. The Morgan fingerprint density at radius 1 is 1.20 bits per heavy atom. The van der Waals surface area contributed by atoms with E-state index >= 15 is 0 Å². The molecule has 25 heavy (non-hydrogen) atoms. The molecule has 0 saturated carbocycles. The van der Waals surface area contributed by atoms with Gasteiger partial charge in [0.2, 0.25) is 5.95 Å². The molecule has 2 saturated heterocycles. The Morgan fingerprint density at radius 2 is 1.96 bits per heavy atom. The number of guanidine groups is 1. The maximum atomic E-state index is 4.49. The quantitative estimate of drug-likeness (QED) is 0.632. The van der Waals surface area contributed by atoms with Gasteiger partial charge in [-0.2, -0.15) is 0 Å². The highest BCUT2D eigenvalue weighted by molar-refractivity contribution is 5.80. The number of anilines is 1. The summed E-state index contributed by atoms with van der Waals surface area (Å²) in [6, 6.07) is 1.86. The van der Waals surface area contributed by atoms with Crippen molar-refractivity contribution in [2.45, 2.75) is 19.8 Å². The fourth-order valence-electron chi connectivity index (χ4n) is 3.74. The van der Waals surface area contributed by atoms with Crippen LogP contribution in [-0.2, 0) is 0 Å². The lowest BCUT2D eigenvalue weighted by Gasteiger charge is -2.36. The summed E-state index contributed by atoms with van der Waals surface area (Å²) in [6.45, 7) is 10.7. The predicted molar refractivity (Wildman–Crippen MR) is 102 cm³/mol. The van der Waals surface area contributed by atoms with Crippen LogP contribution in [-0.4, -0.2) is 85.1 Å². The average molecular weight is 345 g/mol. The van der Waals surface area contributed by atoms with Gasteiger partial charge in [0.25, 0.3) is 0 Å². The van der Waals surface area contributed by atoms with Crippen molar-refractivity contribution in [2.75, 3.05) is 64.3 Å². The van der Waals surface area contributed by atoms with Gasteiger partial charge in [-0.25, -0.2) is 9.97 Å². The third-order valence-corrected chi connectivity index (χ3v) is 5.08. The van der Waals surface area contributed by atoms with Crippen LogP contribution in [0.5, 0.6) is 0 Å². The predicted octanol–water partition coefficient (Wildman–Crippen LogP) is 0.906. The molecule has 1 unspecified atom stereocenters. The van der Waals surface area contributed by atoms with Crippen molar-refractivity contribution in [2.24, 2.45) is 10.9 Å². The van der Waals surface area contributed by atoms with Gasteiger partial charge >= 0.3 is 0 Å². The maximum Gasteiger partial charge on any atom is 0.225 e. The zero-order valence-corrected chi connectivity index (χ0v) is 15.6. The summed E-state index contributed by atoms with van der Waals surface area (Å²) in [5.74, 6) is 2.59. The minimum absolute atomic E-state index is 0.738. The van der Waals surface area contributed by atoms with Crippen LogP contribution in [0.3, 0.4) is 0 Å². The molecule has 0 bridgehead atoms. The van der Waals surface area contributed by atoms with Crippen LogP contribution < -0.4 is 10.2 Å². The second kappa shape index (κ2) is 8.99. The Morgan fingerprint density at radius 3 is 2.64 bits per heavy atom. The van der Waals surface area contributed by atoms with E-state index < -0.39 is 0 Å². The van der Waals surface area contributed by atoms with Gasteiger partial charge in [0, 0.05) is 58.7 Å². The van der Waals surface area contributed by atoms with E-state index in [1.807, 2.05) is 13.1 Å². The first-order valence-corrected chi connectivity index (χ1v) is 9.50. The van der Waals surface area contributed by atoms with E-state index in [0.29, 0.717) is 0 Å². The number of piperazine rings is 1. The molecule has 0 radical (unpaired) electrons. The van der Waals surface area contributed by atoms with Gasteiger partial charge in [-0.3, -0.25) is 4.99 Å². The lowest BCUT2D eigenvalue weighted by molar-refractivity contribution is 0.322.